The van der Waals surface area contributed by atoms with E-state index in [0.29, 0.717) is 0 Å². The molecule has 0 aromatic heterocycles. The predicted octanol–water partition coefficient (Wildman–Crippen LogP) is 4.52. The number of nitrogens with zero attached hydrogens (tertiary/aromatic N) is 2. The molecule has 4 heteroatoms. The van der Waals surface area contributed by atoms with Crippen LogP contribution in [0.2, 0.25) is 0 Å². The summed E-state index contributed by atoms with van der Waals surface area (Å²) in [7, 11) is 0. The van der Waals surface area contributed by atoms with E-state index in [-0.39, 0.29) is 12.1 Å². The van der Waals surface area contributed by atoms with Gasteiger partial charge in [-0.05, 0) is 63.1 Å². The second-order valence-electron chi connectivity index (χ2n) is 6.20. The molecule has 2 aromatic carbocycles. The number of carbonyl (C=O) groups is 1. The second kappa shape index (κ2) is 6.95. The third kappa shape index (κ3) is 3.09. The van der Waals surface area contributed by atoms with E-state index in [1.807, 2.05) is 35.2 Å². The second-order valence-corrected chi connectivity index (χ2v) is 6.20. The number of amides is 2. The van der Waals surface area contributed by atoms with E-state index in [4.69, 9.17) is 0 Å². The number of para-hydroxylation sites is 1. The molecule has 24 heavy (non-hydrogen) atoms. The first-order valence-corrected chi connectivity index (χ1v) is 8.67. The molecule has 0 spiro atoms. The summed E-state index contributed by atoms with van der Waals surface area (Å²) in [5.41, 5.74) is 4.25. The first-order chi connectivity index (χ1) is 11.6. The molecule has 1 aliphatic heterocycles. The summed E-state index contributed by atoms with van der Waals surface area (Å²) in [6.07, 6.45) is 0.907. The highest BCUT2D eigenvalue weighted by molar-refractivity contribution is 6.03. The topological polar surface area (TPSA) is 35.6 Å². The lowest BCUT2D eigenvalue weighted by Crippen LogP contribution is -2.39. The molecule has 1 aliphatic rings. The summed E-state index contributed by atoms with van der Waals surface area (Å²) in [6, 6.07) is 16.3. The molecular formula is C20H25N3O. The molecule has 4 nitrogen and oxygen atoms in total. The van der Waals surface area contributed by atoms with E-state index in [1.165, 1.54) is 11.3 Å². The molecule has 0 bridgehead atoms. The molecule has 0 saturated carbocycles. The molecule has 126 valence electrons. The summed E-state index contributed by atoms with van der Waals surface area (Å²) in [4.78, 5) is 16.9. The van der Waals surface area contributed by atoms with Gasteiger partial charge in [0.15, 0.2) is 0 Å². The van der Waals surface area contributed by atoms with Crippen molar-refractivity contribution in [3.63, 3.8) is 0 Å². The van der Waals surface area contributed by atoms with Crippen LogP contribution in [0.15, 0.2) is 48.5 Å². The van der Waals surface area contributed by atoms with Gasteiger partial charge in [-0.25, -0.2) is 4.79 Å². The third-order valence-corrected chi connectivity index (χ3v) is 4.67. The Hall–Kier alpha value is -2.49. The Morgan fingerprint density at radius 1 is 1.12 bits per heavy atom. The molecule has 3 rings (SSSR count). The van der Waals surface area contributed by atoms with Crippen molar-refractivity contribution in [2.75, 3.05) is 28.2 Å². The van der Waals surface area contributed by atoms with Gasteiger partial charge < -0.3 is 10.2 Å². The van der Waals surface area contributed by atoms with E-state index in [0.717, 1.165) is 30.9 Å². The molecular weight excluding hydrogens is 298 g/mol. The standard InChI is InChI=1S/C20H25N3O/c1-4-22(5-2)18-12-10-17(11-13-18)21-20(24)23-15(3)14-16-8-6-7-9-19(16)23/h6-13,15H,4-5,14H2,1-3H3,(H,21,24). The van der Waals surface area contributed by atoms with Crippen LogP contribution in [0.5, 0.6) is 0 Å². The van der Waals surface area contributed by atoms with Gasteiger partial charge in [0.05, 0.1) is 0 Å². The van der Waals surface area contributed by atoms with Gasteiger partial charge in [0, 0.05) is 36.2 Å². The zero-order valence-corrected chi connectivity index (χ0v) is 14.6. The van der Waals surface area contributed by atoms with Crippen molar-refractivity contribution in [3.8, 4) is 0 Å². The normalized spacial score (nSPS) is 16.0. The Bertz CT molecular complexity index is 707. The quantitative estimate of drug-likeness (QED) is 0.898. The number of nitrogens with one attached hydrogen (secondary N) is 1. The molecule has 0 radical (unpaired) electrons. The van der Waals surface area contributed by atoms with Crippen molar-refractivity contribution in [2.24, 2.45) is 0 Å². The fraction of sp³-hybridized carbons (Fsp3) is 0.350. The average Bonchev–Trinajstić information content (AvgIpc) is 2.93. The number of rotatable bonds is 4. The van der Waals surface area contributed by atoms with Gasteiger partial charge in [-0.1, -0.05) is 18.2 Å². The maximum atomic E-state index is 12.7. The molecule has 1 unspecified atom stereocenters. The van der Waals surface area contributed by atoms with Crippen LogP contribution in [-0.4, -0.2) is 25.2 Å². The monoisotopic (exact) mass is 323 g/mol. The SMILES string of the molecule is CCN(CC)c1ccc(NC(=O)N2c3ccccc3CC2C)cc1. The number of anilines is 3. The fourth-order valence-corrected chi connectivity index (χ4v) is 3.40. The van der Waals surface area contributed by atoms with Crippen LogP contribution in [0.4, 0.5) is 21.9 Å². The van der Waals surface area contributed by atoms with Crippen molar-refractivity contribution in [1.29, 1.82) is 0 Å². The summed E-state index contributed by atoms with van der Waals surface area (Å²) >= 11 is 0. The number of fused-ring (bicyclic) bond motifs is 1. The number of urea groups is 1. The van der Waals surface area contributed by atoms with Crippen LogP contribution >= 0.6 is 0 Å². The van der Waals surface area contributed by atoms with E-state index in [2.05, 4.69) is 49.2 Å². The third-order valence-electron chi connectivity index (χ3n) is 4.67. The highest BCUT2D eigenvalue weighted by atomic mass is 16.2. The van der Waals surface area contributed by atoms with Gasteiger partial charge in [-0.3, -0.25) is 4.90 Å². The smallest absolute Gasteiger partial charge is 0.326 e. The maximum absolute atomic E-state index is 12.7. The average molecular weight is 323 g/mol. The minimum Gasteiger partial charge on any atom is -0.372 e. The van der Waals surface area contributed by atoms with Crippen LogP contribution < -0.4 is 15.1 Å². The fourth-order valence-electron chi connectivity index (χ4n) is 3.40. The highest BCUT2D eigenvalue weighted by Gasteiger charge is 2.30. The first-order valence-electron chi connectivity index (χ1n) is 8.67. The van der Waals surface area contributed by atoms with Gasteiger partial charge in [0.2, 0.25) is 0 Å². The molecule has 0 aliphatic carbocycles. The molecule has 0 fully saturated rings. The highest BCUT2D eigenvalue weighted by Crippen LogP contribution is 2.32. The number of hydrogen-bond acceptors (Lipinski definition) is 2. The molecule has 1 heterocycles. The van der Waals surface area contributed by atoms with Gasteiger partial charge >= 0.3 is 6.03 Å². The lowest BCUT2D eigenvalue weighted by Gasteiger charge is -2.24. The molecule has 1 N–H and O–H groups in total. The molecule has 2 amide bonds. The van der Waals surface area contributed by atoms with Crippen molar-refractivity contribution in [3.05, 3.63) is 54.1 Å². The summed E-state index contributed by atoms with van der Waals surface area (Å²) in [6.45, 7) is 8.33. The van der Waals surface area contributed by atoms with Crippen molar-refractivity contribution >= 4 is 23.1 Å². The van der Waals surface area contributed by atoms with Gasteiger partial charge in [0.25, 0.3) is 0 Å². The van der Waals surface area contributed by atoms with E-state index in [1.54, 1.807) is 0 Å². The minimum atomic E-state index is -0.0666. The van der Waals surface area contributed by atoms with Gasteiger partial charge in [-0.15, -0.1) is 0 Å². The van der Waals surface area contributed by atoms with Crippen LogP contribution in [-0.2, 0) is 6.42 Å². The zero-order valence-electron chi connectivity index (χ0n) is 14.6. The summed E-state index contributed by atoms with van der Waals surface area (Å²) < 4.78 is 0. The Labute approximate surface area is 144 Å². The number of carbonyl (C=O) groups excluding carboxylic acids is 1. The Morgan fingerprint density at radius 2 is 1.79 bits per heavy atom. The maximum Gasteiger partial charge on any atom is 0.326 e. The van der Waals surface area contributed by atoms with Crippen LogP contribution in [0.1, 0.15) is 26.3 Å². The Kier molecular flexibility index (Phi) is 4.74. The van der Waals surface area contributed by atoms with Crippen molar-refractivity contribution in [1.82, 2.24) is 0 Å². The van der Waals surface area contributed by atoms with Crippen molar-refractivity contribution in [2.45, 2.75) is 33.2 Å². The summed E-state index contributed by atoms with van der Waals surface area (Å²) in [5.74, 6) is 0. The van der Waals surface area contributed by atoms with E-state index in [9.17, 15) is 4.79 Å². The Balaban J connectivity index is 1.73. The zero-order chi connectivity index (χ0) is 17.1. The number of benzene rings is 2. The first kappa shape index (κ1) is 16.4. The van der Waals surface area contributed by atoms with E-state index >= 15 is 0 Å². The molecule has 1 atom stereocenters. The summed E-state index contributed by atoms with van der Waals surface area (Å²) in [5, 5.41) is 3.03. The molecule has 2 aromatic rings. The predicted molar refractivity (Wildman–Crippen MR) is 101 cm³/mol. The van der Waals surface area contributed by atoms with Gasteiger partial charge in [-0.2, -0.15) is 0 Å². The Morgan fingerprint density at radius 3 is 2.46 bits per heavy atom. The lowest BCUT2D eigenvalue weighted by molar-refractivity contribution is 0.256. The van der Waals surface area contributed by atoms with Crippen LogP contribution in [0, 0.1) is 0 Å². The number of hydrogen-bond donors (Lipinski definition) is 1. The van der Waals surface area contributed by atoms with Crippen LogP contribution in [0.25, 0.3) is 0 Å². The largest absolute Gasteiger partial charge is 0.372 e. The van der Waals surface area contributed by atoms with E-state index < -0.39 is 0 Å². The lowest BCUT2D eigenvalue weighted by atomic mass is 10.1. The molecule has 0 saturated heterocycles. The van der Waals surface area contributed by atoms with Crippen LogP contribution in [0.3, 0.4) is 0 Å². The van der Waals surface area contributed by atoms with Crippen molar-refractivity contribution < 1.29 is 4.79 Å². The minimum absolute atomic E-state index is 0.0666. The van der Waals surface area contributed by atoms with Gasteiger partial charge in [0.1, 0.15) is 0 Å².